The van der Waals surface area contributed by atoms with Crippen molar-refractivity contribution < 1.29 is 14.4 Å². The first-order valence-electron chi connectivity index (χ1n) is 7.32. The van der Waals surface area contributed by atoms with E-state index in [1.54, 1.807) is 18.2 Å². The summed E-state index contributed by atoms with van der Waals surface area (Å²) in [5, 5.41) is 11.4. The summed E-state index contributed by atoms with van der Waals surface area (Å²) in [6, 6.07) is 5.20. The van der Waals surface area contributed by atoms with E-state index in [1.807, 2.05) is 18.9 Å². The molecule has 0 spiro atoms. The third-order valence-corrected chi connectivity index (χ3v) is 3.66. The van der Waals surface area contributed by atoms with Crippen LogP contribution in [-0.2, 0) is 4.74 Å². The second-order valence-electron chi connectivity index (χ2n) is 5.28. The number of hydrogen-bond acceptors (Lipinski definition) is 5. The van der Waals surface area contributed by atoms with Gasteiger partial charge in [-0.2, -0.15) is 0 Å². The van der Waals surface area contributed by atoms with Gasteiger partial charge >= 0.3 is 5.69 Å². The minimum Gasteiger partial charge on any atom is -0.487 e. The third-order valence-electron chi connectivity index (χ3n) is 3.66. The van der Waals surface area contributed by atoms with Gasteiger partial charge in [0.1, 0.15) is 5.69 Å². The van der Waals surface area contributed by atoms with E-state index in [0.717, 1.165) is 32.6 Å². The molecule has 6 heteroatoms. The lowest BCUT2D eigenvalue weighted by atomic mass is 10.0. The molecule has 1 aromatic carbocycles. The van der Waals surface area contributed by atoms with Crippen LogP contribution in [0.2, 0.25) is 0 Å². The average molecular weight is 294 g/mol. The van der Waals surface area contributed by atoms with Gasteiger partial charge in [0.15, 0.2) is 5.75 Å². The van der Waals surface area contributed by atoms with Crippen LogP contribution in [0.5, 0.6) is 5.75 Å². The number of nitro groups is 1. The molecule has 116 valence electrons. The SMILES string of the molecule is CCOc1cccc(N(C)CC2CCCOC2)c1[N+](=O)[O-]. The summed E-state index contributed by atoms with van der Waals surface area (Å²) in [6.45, 7) is 4.52. The van der Waals surface area contributed by atoms with Crippen molar-refractivity contribution in [2.24, 2.45) is 5.92 Å². The molecule has 0 saturated carbocycles. The van der Waals surface area contributed by atoms with E-state index in [4.69, 9.17) is 9.47 Å². The van der Waals surface area contributed by atoms with Gasteiger partial charge in [-0.1, -0.05) is 6.07 Å². The molecular weight excluding hydrogens is 272 g/mol. The maximum atomic E-state index is 11.4. The van der Waals surface area contributed by atoms with E-state index >= 15 is 0 Å². The van der Waals surface area contributed by atoms with Crippen LogP contribution in [-0.4, -0.2) is 38.3 Å². The molecule has 1 fully saturated rings. The number of anilines is 1. The van der Waals surface area contributed by atoms with E-state index in [9.17, 15) is 10.1 Å². The highest BCUT2D eigenvalue weighted by Crippen LogP contribution is 2.37. The van der Waals surface area contributed by atoms with Crippen molar-refractivity contribution in [3.8, 4) is 5.75 Å². The molecule has 1 aliphatic rings. The fourth-order valence-corrected chi connectivity index (χ4v) is 2.71. The van der Waals surface area contributed by atoms with E-state index in [2.05, 4.69) is 0 Å². The molecule has 1 saturated heterocycles. The number of benzene rings is 1. The topological polar surface area (TPSA) is 64.8 Å². The molecule has 0 aromatic heterocycles. The normalized spacial score (nSPS) is 18.3. The molecule has 0 N–H and O–H groups in total. The van der Waals surface area contributed by atoms with Gasteiger partial charge in [0, 0.05) is 20.2 Å². The van der Waals surface area contributed by atoms with Crippen LogP contribution in [0.15, 0.2) is 18.2 Å². The van der Waals surface area contributed by atoms with Gasteiger partial charge < -0.3 is 14.4 Å². The number of nitro benzene ring substituents is 1. The van der Waals surface area contributed by atoms with E-state index in [1.165, 1.54) is 0 Å². The molecule has 21 heavy (non-hydrogen) atoms. The first-order chi connectivity index (χ1) is 10.1. The number of rotatable bonds is 6. The lowest BCUT2D eigenvalue weighted by molar-refractivity contribution is -0.385. The van der Waals surface area contributed by atoms with Crippen LogP contribution in [0.25, 0.3) is 0 Å². The summed E-state index contributed by atoms with van der Waals surface area (Å²) < 4.78 is 10.9. The molecule has 0 amide bonds. The number of hydrogen-bond donors (Lipinski definition) is 0. The highest BCUT2D eigenvalue weighted by atomic mass is 16.6. The lowest BCUT2D eigenvalue weighted by Gasteiger charge is -2.28. The van der Waals surface area contributed by atoms with Gasteiger partial charge in [0.05, 0.1) is 18.1 Å². The van der Waals surface area contributed by atoms with Crippen molar-refractivity contribution in [3.05, 3.63) is 28.3 Å². The monoisotopic (exact) mass is 294 g/mol. The van der Waals surface area contributed by atoms with Crippen LogP contribution in [0, 0.1) is 16.0 Å². The highest BCUT2D eigenvalue weighted by molar-refractivity contribution is 5.69. The van der Waals surface area contributed by atoms with Crippen LogP contribution in [0.1, 0.15) is 19.8 Å². The predicted molar refractivity (Wildman–Crippen MR) is 81.1 cm³/mol. The first-order valence-corrected chi connectivity index (χ1v) is 7.32. The number of nitrogens with zero attached hydrogens (tertiary/aromatic N) is 2. The quantitative estimate of drug-likeness (QED) is 0.596. The fraction of sp³-hybridized carbons (Fsp3) is 0.600. The molecule has 2 rings (SSSR count). The molecule has 1 unspecified atom stereocenters. The summed E-state index contributed by atoms with van der Waals surface area (Å²) in [4.78, 5) is 13.0. The molecule has 1 heterocycles. The minimum absolute atomic E-state index is 0.0403. The van der Waals surface area contributed by atoms with Crippen molar-refractivity contribution in [1.29, 1.82) is 0 Å². The Hall–Kier alpha value is -1.82. The molecule has 1 aliphatic heterocycles. The highest BCUT2D eigenvalue weighted by Gasteiger charge is 2.25. The van der Waals surface area contributed by atoms with E-state index < -0.39 is 0 Å². The van der Waals surface area contributed by atoms with E-state index in [-0.39, 0.29) is 10.6 Å². The molecular formula is C15H22N2O4. The Morgan fingerprint density at radius 1 is 1.52 bits per heavy atom. The molecule has 1 aromatic rings. The Kier molecular flexibility index (Phi) is 5.38. The predicted octanol–water partition coefficient (Wildman–Crippen LogP) is 2.86. The molecule has 1 atom stereocenters. The molecule has 0 bridgehead atoms. The Morgan fingerprint density at radius 2 is 2.33 bits per heavy atom. The second kappa shape index (κ2) is 7.26. The minimum atomic E-state index is -0.367. The Bertz CT molecular complexity index is 487. The smallest absolute Gasteiger partial charge is 0.333 e. The van der Waals surface area contributed by atoms with Gasteiger partial charge in [-0.15, -0.1) is 0 Å². The second-order valence-corrected chi connectivity index (χ2v) is 5.28. The zero-order valence-corrected chi connectivity index (χ0v) is 12.6. The summed E-state index contributed by atoms with van der Waals surface area (Å²) in [5.74, 6) is 0.742. The largest absolute Gasteiger partial charge is 0.487 e. The van der Waals surface area contributed by atoms with Gasteiger partial charge in [-0.25, -0.2) is 0 Å². The van der Waals surface area contributed by atoms with Crippen LogP contribution in [0.4, 0.5) is 11.4 Å². The Morgan fingerprint density at radius 3 is 2.95 bits per heavy atom. The summed E-state index contributed by atoms with van der Waals surface area (Å²) in [5.41, 5.74) is 0.634. The Labute approximate surface area is 124 Å². The van der Waals surface area contributed by atoms with Gasteiger partial charge in [-0.05, 0) is 37.8 Å². The van der Waals surface area contributed by atoms with Crippen LogP contribution < -0.4 is 9.64 Å². The molecule has 0 radical (unpaired) electrons. The first kappa shape index (κ1) is 15.6. The van der Waals surface area contributed by atoms with Crippen LogP contribution >= 0.6 is 0 Å². The van der Waals surface area contributed by atoms with Crippen molar-refractivity contribution in [2.75, 3.05) is 38.3 Å². The van der Waals surface area contributed by atoms with Gasteiger partial charge in [-0.3, -0.25) is 10.1 Å². The van der Waals surface area contributed by atoms with Gasteiger partial charge in [0.25, 0.3) is 0 Å². The number of ether oxygens (including phenoxy) is 2. The van der Waals surface area contributed by atoms with Gasteiger partial charge in [0.2, 0.25) is 0 Å². The van der Waals surface area contributed by atoms with Crippen molar-refractivity contribution >= 4 is 11.4 Å². The Balaban J connectivity index is 2.20. The zero-order chi connectivity index (χ0) is 15.2. The zero-order valence-electron chi connectivity index (χ0n) is 12.6. The van der Waals surface area contributed by atoms with Crippen LogP contribution in [0.3, 0.4) is 0 Å². The van der Waals surface area contributed by atoms with Crippen molar-refractivity contribution in [2.45, 2.75) is 19.8 Å². The van der Waals surface area contributed by atoms with E-state index in [0.29, 0.717) is 24.0 Å². The van der Waals surface area contributed by atoms with Crippen molar-refractivity contribution in [3.63, 3.8) is 0 Å². The molecule has 0 aliphatic carbocycles. The average Bonchev–Trinajstić information content (AvgIpc) is 2.48. The number of para-hydroxylation sites is 1. The van der Waals surface area contributed by atoms with Crippen molar-refractivity contribution in [1.82, 2.24) is 0 Å². The standard InChI is InChI=1S/C15H22N2O4/c1-3-21-14-8-4-7-13(15(14)17(18)19)16(2)10-12-6-5-9-20-11-12/h4,7-8,12H,3,5-6,9-11H2,1-2H3. The molecule has 6 nitrogen and oxygen atoms in total. The maximum absolute atomic E-state index is 11.4. The summed E-state index contributed by atoms with van der Waals surface area (Å²) in [7, 11) is 1.88. The summed E-state index contributed by atoms with van der Waals surface area (Å²) in [6.07, 6.45) is 2.16. The third kappa shape index (κ3) is 3.85. The fourth-order valence-electron chi connectivity index (χ4n) is 2.71. The summed E-state index contributed by atoms with van der Waals surface area (Å²) >= 11 is 0. The maximum Gasteiger partial charge on any atom is 0.333 e. The lowest BCUT2D eigenvalue weighted by Crippen LogP contribution is -2.31.